The fraction of sp³-hybridized carbons (Fsp3) is 0.333. The van der Waals surface area contributed by atoms with E-state index in [1.54, 1.807) is 6.21 Å². The van der Waals surface area contributed by atoms with Gasteiger partial charge in [-0.2, -0.15) is 5.10 Å². The number of nitrogens with one attached hydrogen (secondary N) is 2. The number of fused-ring (bicyclic) bond motifs is 1. The maximum Gasteiger partial charge on any atom is 0.191 e. The lowest BCUT2D eigenvalue weighted by Crippen LogP contribution is -2.30. The van der Waals surface area contributed by atoms with Gasteiger partial charge in [-0.3, -0.25) is 5.43 Å². The molecule has 1 aliphatic rings. The third kappa shape index (κ3) is 4.99. The molecule has 142 valence electrons. The summed E-state index contributed by atoms with van der Waals surface area (Å²) in [6.45, 7) is 6.44. The highest BCUT2D eigenvalue weighted by atomic mass is 35.5. The Morgan fingerprint density at radius 3 is 3.00 bits per heavy atom. The third-order valence-corrected chi connectivity index (χ3v) is 5.31. The molecular formula is C21H25ClN4S. The van der Waals surface area contributed by atoms with E-state index in [1.165, 1.54) is 24.1 Å². The maximum absolute atomic E-state index is 6.13. The zero-order valence-corrected chi connectivity index (χ0v) is 17.3. The monoisotopic (exact) mass is 400 g/mol. The SMILES string of the molecule is CCCN1CCCc2cc(/C=N\NC(=S)Nc3cccc(Cl)c3C)ccc21. The number of nitrogens with zero attached hydrogens (tertiary/aromatic N) is 2. The van der Waals surface area contributed by atoms with Crippen LogP contribution in [0.5, 0.6) is 0 Å². The predicted octanol–water partition coefficient (Wildman–Crippen LogP) is 5.13. The molecule has 0 aromatic heterocycles. The van der Waals surface area contributed by atoms with E-state index in [1.807, 2.05) is 25.1 Å². The standard InChI is InChI=1S/C21H25ClN4S/c1-3-11-26-12-5-6-17-13-16(9-10-20(17)26)14-23-25-21(27)24-19-8-4-7-18(22)15(19)2/h4,7-10,13-14H,3,5-6,11-12H2,1-2H3,(H2,24,25,27)/b23-14-. The molecule has 0 radical (unpaired) electrons. The Balaban J connectivity index is 1.61. The smallest absolute Gasteiger partial charge is 0.191 e. The Labute approximate surface area is 171 Å². The maximum atomic E-state index is 6.13. The van der Waals surface area contributed by atoms with Crippen molar-refractivity contribution >= 4 is 46.5 Å². The molecule has 1 aliphatic heterocycles. The number of thiocarbonyl (C=S) groups is 1. The summed E-state index contributed by atoms with van der Waals surface area (Å²) in [6.07, 6.45) is 5.30. The van der Waals surface area contributed by atoms with E-state index in [0.717, 1.165) is 36.3 Å². The van der Waals surface area contributed by atoms with Crippen molar-refractivity contribution in [2.75, 3.05) is 23.3 Å². The number of rotatable bonds is 5. The van der Waals surface area contributed by atoms with Gasteiger partial charge in [-0.25, -0.2) is 0 Å². The zero-order valence-electron chi connectivity index (χ0n) is 15.8. The first-order chi connectivity index (χ1) is 13.1. The van der Waals surface area contributed by atoms with Crippen LogP contribution in [0.3, 0.4) is 0 Å². The summed E-state index contributed by atoms with van der Waals surface area (Å²) in [5, 5.41) is 8.53. The molecule has 0 saturated carbocycles. The number of hydrogen-bond acceptors (Lipinski definition) is 3. The van der Waals surface area contributed by atoms with E-state index in [9.17, 15) is 0 Å². The first-order valence-electron chi connectivity index (χ1n) is 9.31. The van der Waals surface area contributed by atoms with Crippen molar-refractivity contribution in [3.05, 3.63) is 58.1 Å². The Morgan fingerprint density at radius 2 is 2.19 bits per heavy atom. The highest BCUT2D eigenvalue weighted by molar-refractivity contribution is 7.80. The van der Waals surface area contributed by atoms with Crippen LogP contribution in [0.1, 0.15) is 36.5 Å². The lowest BCUT2D eigenvalue weighted by molar-refractivity contribution is 0.681. The molecule has 0 unspecified atom stereocenters. The number of hydrazone groups is 1. The van der Waals surface area contributed by atoms with Crippen LogP contribution in [0.2, 0.25) is 5.02 Å². The van der Waals surface area contributed by atoms with E-state index in [4.69, 9.17) is 23.8 Å². The molecule has 1 heterocycles. The first kappa shape index (κ1) is 19.6. The summed E-state index contributed by atoms with van der Waals surface area (Å²) in [7, 11) is 0. The van der Waals surface area contributed by atoms with Crippen LogP contribution in [-0.4, -0.2) is 24.4 Å². The molecule has 2 aromatic carbocycles. The predicted molar refractivity (Wildman–Crippen MR) is 120 cm³/mol. The van der Waals surface area contributed by atoms with Gasteiger partial charge in [-0.05, 0) is 79.4 Å². The van der Waals surface area contributed by atoms with Crippen molar-refractivity contribution < 1.29 is 0 Å². The molecule has 2 N–H and O–H groups in total. The summed E-state index contributed by atoms with van der Waals surface area (Å²) in [6, 6.07) is 12.2. The van der Waals surface area contributed by atoms with Crippen LogP contribution in [0.15, 0.2) is 41.5 Å². The van der Waals surface area contributed by atoms with Gasteiger partial charge in [0.2, 0.25) is 0 Å². The second-order valence-corrected chi connectivity index (χ2v) is 7.53. The van der Waals surface area contributed by atoms with Crippen LogP contribution < -0.4 is 15.6 Å². The normalized spacial score (nSPS) is 13.5. The zero-order chi connectivity index (χ0) is 19.2. The van der Waals surface area contributed by atoms with Crippen LogP contribution >= 0.6 is 23.8 Å². The average molecular weight is 401 g/mol. The summed E-state index contributed by atoms with van der Waals surface area (Å²) in [4.78, 5) is 2.48. The second kappa shape index (κ2) is 9.20. The fourth-order valence-electron chi connectivity index (χ4n) is 3.34. The Kier molecular flexibility index (Phi) is 6.69. The van der Waals surface area contributed by atoms with Gasteiger partial charge >= 0.3 is 0 Å². The van der Waals surface area contributed by atoms with Crippen molar-refractivity contribution in [2.45, 2.75) is 33.1 Å². The lowest BCUT2D eigenvalue weighted by atomic mass is 9.99. The van der Waals surface area contributed by atoms with Gasteiger partial charge in [0, 0.05) is 29.5 Å². The van der Waals surface area contributed by atoms with Crippen LogP contribution in [0.4, 0.5) is 11.4 Å². The molecule has 27 heavy (non-hydrogen) atoms. The molecule has 0 spiro atoms. The van der Waals surface area contributed by atoms with E-state index in [0.29, 0.717) is 10.1 Å². The van der Waals surface area contributed by atoms with Crippen LogP contribution in [0, 0.1) is 6.92 Å². The highest BCUT2D eigenvalue weighted by Gasteiger charge is 2.15. The van der Waals surface area contributed by atoms with Crippen LogP contribution in [0.25, 0.3) is 0 Å². The molecule has 0 saturated heterocycles. The minimum Gasteiger partial charge on any atom is -0.371 e. The molecule has 0 fully saturated rings. The molecular weight excluding hydrogens is 376 g/mol. The van der Waals surface area contributed by atoms with E-state index in [2.05, 4.69) is 45.9 Å². The van der Waals surface area contributed by atoms with Crippen molar-refractivity contribution in [3.63, 3.8) is 0 Å². The van der Waals surface area contributed by atoms with Crippen LogP contribution in [-0.2, 0) is 6.42 Å². The van der Waals surface area contributed by atoms with E-state index in [-0.39, 0.29) is 0 Å². The van der Waals surface area contributed by atoms with Gasteiger partial charge in [-0.1, -0.05) is 30.7 Å². The molecule has 3 rings (SSSR count). The quantitative estimate of drug-likeness (QED) is 0.414. The molecule has 0 atom stereocenters. The molecule has 0 amide bonds. The fourth-order valence-corrected chi connectivity index (χ4v) is 3.67. The highest BCUT2D eigenvalue weighted by Crippen LogP contribution is 2.27. The number of aryl methyl sites for hydroxylation is 1. The minimum absolute atomic E-state index is 0.434. The lowest BCUT2D eigenvalue weighted by Gasteiger charge is -2.31. The molecule has 0 aliphatic carbocycles. The van der Waals surface area contributed by atoms with Gasteiger partial charge < -0.3 is 10.2 Å². The number of benzene rings is 2. The molecule has 4 nitrogen and oxygen atoms in total. The number of anilines is 2. The Morgan fingerprint density at radius 1 is 1.33 bits per heavy atom. The van der Waals surface area contributed by atoms with Gasteiger partial charge in [0.1, 0.15) is 0 Å². The largest absolute Gasteiger partial charge is 0.371 e. The van der Waals surface area contributed by atoms with Crippen molar-refractivity contribution in [2.24, 2.45) is 5.10 Å². The van der Waals surface area contributed by atoms with E-state index >= 15 is 0 Å². The topological polar surface area (TPSA) is 39.7 Å². The number of halogens is 1. The summed E-state index contributed by atoms with van der Waals surface area (Å²) in [5.74, 6) is 0. The summed E-state index contributed by atoms with van der Waals surface area (Å²) in [5.41, 5.74) is 8.53. The summed E-state index contributed by atoms with van der Waals surface area (Å²) < 4.78 is 0. The number of hydrogen-bond donors (Lipinski definition) is 2. The van der Waals surface area contributed by atoms with Gasteiger partial charge in [0.05, 0.1) is 6.21 Å². The summed E-state index contributed by atoms with van der Waals surface area (Å²) >= 11 is 11.4. The van der Waals surface area contributed by atoms with Gasteiger partial charge in [0.25, 0.3) is 0 Å². The van der Waals surface area contributed by atoms with Gasteiger partial charge in [0.15, 0.2) is 5.11 Å². The Hall–Kier alpha value is -2.11. The van der Waals surface area contributed by atoms with Crippen molar-refractivity contribution in [1.29, 1.82) is 0 Å². The van der Waals surface area contributed by atoms with Crippen molar-refractivity contribution in [3.8, 4) is 0 Å². The first-order valence-corrected chi connectivity index (χ1v) is 10.1. The molecule has 6 heteroatoms. The van der Waals surface area contributed by atoms with E-state index < -0.39 is 0 Å². The molecule has 2 aromatic rings. The minimum atomic E-state index is 0.434. The molecule has 0 bridgehead atoms. The van der Waals surface area contributed by atoms with Gasteiger partial charge in [-0.15, -0.1) is 0 Å². The average Bonchev–Trinajstić information content (AvgIpc) is 2.66. The Bertz CT molecular complexity index is 850. The van der Waals surface area contributed by atoms with Crippen molar-refractivity contribution in [1.82, 2.24) is 5.43 Å². The second-order valence-electron chi connectivity index (χ2n) is 6.72. The third-order valence-electron chi connectivity index (χ3n) is 4.71.